The van der Waals surface area contributed by atoms with E-state index in [1.165, 1.54) is 0 Å². The highest BCUT2D eigenvalue weighted by Gasteiger charge is 2.16. The van der Waals surface area contributed by atoms with Gasteiger partial charge in [0.25, 0.3) is 0 Å². The van der Waals surface area contributed by atoms with Crippen molar-refractivity contribution >= 4 is 17.2 Å². The van der Waals surface area contributed by atoms with Crippen LogP contribution in [0.15, 0.2) is 18.2 Å². The van der Waals surface area contributed by atoms with Gasteiger partial charge in [-0.15, -0.1) is 0 Å². The third-order valence-corrected chi connectivity index (χ3v) is 3.14. The first-order valence-corrected chi connectivity index (χ1v) is 6.76. The number of hydrogen-bond acceptors (Lipinski definition) is 3. The largest absolute Gasteiger partial charge is 0.357 e. The number of ether oxygens (including phenoxy) is 1. The van der Waals surface area contributed by atoms with Crippen molar-refractivity contribution in [1.29, 1.82) is 0 Å². The van der Waals surface area contributed by atoms with Gasteiger partial charge < -0.3 is 4.74 Å². The number of carbonyl (C=O) groups excluding carboxylic acids is 1. The molecule has 1 atom stereocenters. The molecule has 0 saturated carbocycles. The summed E-state index contributed by atoms with van der Waals surface area (Å²) in [5, 5.41) is 5.29. The predicted molar refractivity (Wildman–Crippen MR) is 75.4 cm³/mol. The first kappa shape index (κ1) is 13.7. The zero-order valence-corrected chi connectivity index (χ0v) is 11.7. The van der Waals surface area contributed by atoms with Gasteiger partial charge in [-0.3, -0.25) is 4.79 Å². The normalized spacial score (nSPS) is 12.8. The molecule has 4 nitrogen and oxygen atoms in total. The van der Waals surface area contributed by atoms with E-state index in [1.807, 2.05) is 29.8 Å². The van der Waals surface area contributed by atoms with Gasteiger partial charge >= 0.3 is 0 Å². The van der Waals surface area contributed by atoms with Gasteiger partial charge in [-0.25, -0.2) is 4.68 Å². The molecular weight excluding hydrogens is 240 g/mol. The second kappa shape index (κ2) is 5.97. The summed E-state index contributed by atoms with van der Waals surface area (Å²) in [5.41, 5.74) is 2.56. The second-order valence-electron chi connectivity index (χ2n) is 4.70. The summed E-state index contributed by atoms with van der Waals surface area (Å²) in [4.78, 5) is 11.2. The number of carbonyl (C=O) groups is 1. The molecule has 4 heteroatoms. The molecule has 0 saturated heterocycles. The average molecular weight is 260 g/mol. The molecule has 0 aliphatic carbocycles. The number of benzene rings is 1. The molecule has 0 radical (unpaired) electrons. The quantitative estimate of drug-likeness (QED) is 0.747. The molecular formula is C15H20N2O2. The van der Waals surface area contributed by atoms with Crippen molar-refractivity contribution in [1.82, 2.24) is 9.78 Å². The third kappa shape index (κ3) is 2.68. The Labute approximate surface area is 113 Å². The number of nitrogens with zero attached hydrogens (tertiary/aromatic N) is 2. The van der Waals surface area contributed by atoms with E-state index in [4.69, 9.17) is 4.74 Å². The highest BCUT2D eigenvalue weighted by atomic mass is 16.5. The lowest BCUT2D eigenvalue weighted by atomic mass is 10.1. The molecule has 2 aromatic rings. The van der Waals surface area contributed by atoms with E-state index in [2.05, 4.69) is 18.9 Å². The van der Waals surface area contributed by atoms with Crippen molar-refractivity contribution in [3.63, 3.8) is 0 Å². The molecule has 0 bridgehead atoms. The van der Waals surface area contributed by atoms with Gasteiger partial charge in [0.1, 0.15) is 5.69 Å². The van der Waals surface area contributed by atoms with Crippen LogP contribution in [0.4, 0.5) is 0 Å². The standard InChI is InChI=1S/C15H20N2O2/c1-4-8-19-15(5-2)17-14-7-6-11(3)9-12(14)13(10-18)16-17/h6-7,9-10,15H,4-5,8H2,1-3H3. The molecule has 1 aromatic carbocycles. The lowest BCUT2D eigenvalue weighted by Crippen LogP contribution is -2.14. The summed E-state index contributed by atoms with van der Waals surface area (Å²) in [6, 6.07) is 6.03. The fraction of sp³-hybridized carbons (Fsp3) is 0.467. The molecule has 0 aliphatic heterocycles. The topological polar surface area (TPSA) is 44.1 Å². The fourth-order valence-electron chi connectivity index (χ4n) is 2.20. The summed E-state index contributed by atoms with van der Waals surface area (Å²) >= 11 is 0. The van der Waals surface area contributed by atoms with Crippen LogP contribution >= 0.6 is 0 Å². The maximum absolute atomic E-state index is 11.2. The summed E-state index contributed by atoms with van der Waals surface area (Å²) in [7, 11) is 0. The molecule has 0 fully saturated rings. The molecule has 102 valence electrons. The monoisotopic (exact) mass is 260 g/mol. The molecule has 1 unspecified atom stereocenters. The Morgan fingerprint density at radius 3 is 2.84 bits per heavy atom. The van der Waals surface area contributed by atoms with Crippen LogP contribution in [0.25, 0.3) is 10.9 Å². The van der Waals surface area contributed by atoms with Crippen LogP contribution < -0.4 is 0 Å². The van der Waals surface area contributed by atoms with E-state index >= 15 is 0 Å². The van der Waals surface area contributed by atoms with Gasteiger partial charge in [0.05, 0.1) is 5.52 Å². The number of hydrogen-bond donors (Lipinski definition) is 0. The Morgan fingerprint density at radius 1 is 1.42 bits per heavy atom. The van der Waals surface area contributed by atoms with Crippen LogP contribution in [0.5, 0.6) is 0 Å². The lowest BCUT2D eigenvalue weighted by molar-refractivity contribution is -0.00519. The summed E-state index contributed by atoms with van der Waals surface area (Å²) in [5.74, 6) is 0. The zero-order valence-electron chi connectivity index (χ0n) is 11.7. The van der Waals surface area contributed by atoms with Crippen LogP contribution in [-0.4, -0.2) is 22.7 Å². The van der Waals surface area contributed by atoms with Gasteiger partial charge in [0, 0.05) is 12.0 Å². The van der Waals surface area contributed by atoms with Crippen LogP contribution in [0.2, 0.25) is 0 Å². The summed E-state index contributed by atoms with van der Waals surface area (Å²) < 4.78 is 7.63. The van der Waals surface area contributed by atoms with Crippen molar-refractivity contribution in [2.24, 2.45) is 0 Å². The highest BCUT2D eigenvalue weighted by molar-refractivity contribution is 5.95. The third-order valence-electron chi connectivity index (χ3n) is 3.14. The van der Waals surface area contributed by atoms with Gasteiger partial charge in [0.15, 0.2) is 12.5 Å². The minimum atomic E-state index is -0.112. The first-order chi connectivity index (χ1) is 9.21. The Bertz CT molecular complexity index is 575. The number of rotatable bonds is 6. The van der Waals surface area contributed by atoms with Gasteiger partial charge in [0.2, 0.25) is 0 Å². The number of aromatic nitrogens is 2. The summed E-state index contributed by atoms with van der Waals surface area (Å²) in [6.07, 6.45) is 2.49. The van der Waals surface area contributed by atoms with Crippen LogP contribution in [-0.2, 0) is 4.74 Å². The molecule has 0 spiro atoms. The highest BCUT2D eigenvalue weighted by Crippen LogP contribution is 2.24. The van der Waals surface area contributed by atoms with Crippen molar-refractivity contribution in [3.8, 4) is 0 Å². The van der Waals surface area contributed by atoms with Gasteiger partial charge in [-0.1, -0.05) is 25.5 Å². The number of aryl methyl sites for hydroxylation is 1. The maximum atomic E-state index is 11.2. The Kier molecular flexibility index (Phi) is 4.32. The van der Waals surface area contributed by atoms with E-state index < -0.39 is 0 Å². The van der Waals surface area contributed by atoms with Crippen LogP contribution in [0.1, 0.15) is 49.0 Å². The molecule has 0 aliphatic rings. The van der Waals surface area contributed by atoms with Crippen molar-refractivity contribution in [3.05, 3.63) is 29.5 Å². The van der Waals surface area contributed by atoms with E-state index in [9.17, 15) is 4.79 Å². The van der Waals surface area contributed by atoms with Crippen molar-refractivity contribution in [2.75, 3.05) is 6.61 Å². The van der Waals surface area contributed by atoms with Crippen molar-refractivity contribution in [2.45, 2.75) is 39.8 Å². The maximum Gasteiger partial charge on any atom is 0.170 e. The second-order valence-corrected chi connectivity index (χ2v) is 4.70. The molecule has 2 rings (SSSR count). The van der Waals surface area contributed by atoms with Crippen molar-refractivity contribution < 1.29 is 9.53 Å². The minimum absolute atomic E-state index is 0.112. The van der Waals surface area contributed by atoms with Crippen LogP contribution in [0.3, 0.4) is 0 Å². The molecule has 1 heterocycles. The van der Waals surface area contributed by atoms with Gasteiger partial charge in [-0.2, -0.15) is 5.10 Å². The van der Waals surface area contributed by atoms with E-state index in [0.29, 0.717) is 12.3 Å². The SMILES string of the molecule is CCCOC(CC)n1nc(C=O)c2cc(C)ccc21. The summed E-state index contributed by atoms with van der Waals surface area (Å²) in [6.45, 7) is 6.84. The predicted octanol–water partition coefficient (Wildman–Crippen LogP) is 3.49. The molecule has 19 heavy (non-hydrogen) atoms. The van der Waals surface area contributed by atoms with Gasteiger partial charge in [-0.05, 0) is 31.9 Å². The Hall–Kier alpha value is -1.68. The fourth-order valence-corrected chi connectivity index (χ4v) is 2.20. The Morgan fingerprint density at radius 2 is 2.21 bits per heavy atom. The van der Waals surface area contributed by atoms with E-state index in [0.717, 1.165) is 35.6 Å². The van der Waals surface area contributed by atoms with Crippen LogP contribution in [0, 0.1) is 6.92 Å². The number of aldehydes is 1. The molecule has 0 N–H and O–H groups in total. The van der Waals surface area contributed by atoms with E-state index in [-0.39, 0.29) is 6.23 Å². The lowest BCUT2D eigenvalue weighted by Gasteiger charge is -2.17. The van der Waals surface area contributed by atoms with E-state index in [1.54, 1.807) is 0 Å². The molecule has 1 aromatic heterocycles. The molecule has 0 amide bonds. The first-order valence-electron chi connectivity index (χ1n) is 6.76. The average Bonchev–Trinajstić information content (AvgIpc) is 2.78. The number of fused-ring (bicyclic) bond motifs is 1. The smallest absolute Gasteiger partial charge is 0.170 e. The minimum Gasteiger partial charge on any atom is -0.357 e. The Balaban J connectivity index is 2.50. The zero-order chi connectivity index (χ0) is 13.8.